The summed E-state index contributed by atoms with van der Waals surface area (Å²) in [4.78, 5) is 43.4. The van der Waals surface area contributed by atoms with Crippen molar-refractivity contribution in [2.75, 3.05) is 21.2 Å². The van der Waals surface area contributed by atoms with Crippen molar-refractivity contribution < 1.29 is 47.5 Å². The summed E-state index contributed by atoms with van der Waals surface area (Å²) in [6, 6.07) is 0.248. The highest BCUT2D eigenvalue weighted by molar-refractivity contribution is 5.84. The van der Waals surface area contributed by atoms with Crippen molar-refractivity contribution in [2.45, 2.75) is 176 Å². The van der Waals surface area contributed by atoms with Gasteiger partial charge in [-0.25, -0.2) is 4.79 Å². The van der Waals surface area contributed by atoms with Crippen LogP contribution in [0.2, 0.25) is 0 Å². The van der Waals surface area contributed by atoms with E-state index in [4.69, 9.17) is 33.2 Å². The fourth-order valence-electron chi connectivity index (χ4n) is 10.1. The molecule has 0 aromatic rings. The standard InChI is InChI=1S/C41H71NO10/c1-21-17-30(20-40(12,46-16)28(21)8)49-33-26(6)34(50-37-24(4)31(42(14)15)18-23(3)47-37)39(10,11)19-22(2)32(43)25(5)35-41(13,52-38(45)51-35)29(9)48-36(44)27(33)7/h21-31,33-35,37H,17-20H2,1-16H3/t21?,22-,23?,24?,25+,26+,27-,28?,29-,30?,31?,33+,34-,35-,37?,40?,41-/m1/s1. The van der Waals surface area contributed by atoms with Gasteiger partial charge in [-0.1, -0.05) is 55.4 Å². The molecule has 52 heavy (non-hydrogen) atoms. The maximum Gasteiger partial charge on any atom is 0.509 e. The fourth-order valence-corrected chi connectivity index (χ4v) is 10.1. The number of ether oxygens (including phenoxy) is 7. The number of hydrogen-bond acceptors (Lipinski definition) is 11. The van der Waals surface area contributed by atoms with E-state index < -0.39 is 77.2 Å². The average Bonchev–Trinajstić information content (AvgIpc) is 3.38. The van der Waals surface area contributed by atoms with E-state index in [0.29, 0.717) is 24.7 Å². The van der Waals surface area contributed by atoms with Crippen LogP contribution >= 0.6 is 0 Å². The van der Waals surface area contributed by atoms with Gasteiger partial charge in [-0.2, -0.15) is 0 Å². The molecule has 0 N–H and O–H groups in total. The van der Waals surface area contributed by atoms with E-state index in [1.807, 2.05) is 13.8 Å². The van der Waals surface area contributed by atoms with Gasteiger partial charge < -0.3 is 38.1 Å². The number of nitrogens with zero attached hydrogens (tertiary/aromatic N) is 1. The van der Waals surface area contributed by atoms with E-state index in [9.17, 15) is 14.4 Å². The molecule has 11 nitrogen and oxygen atoms in total. The molecule has 0 radical (unpaired) electrons. The minimum Gasteiger partial charge on any atom is -0.458 e. The third-order valence-corrected chi connectivity index (χ3v) is 13.9. The van der Waals surface area contributed by atoms with Gasteiger partial charge in [0.15, 0.2) is 18.0 Å². The molecule has 1 saturated carbocycles. The predicted octanol–water partition coefficient (Wildman–Crippen LogP) is 7.07. The molecule has 3 heterocycles. The molecule has 4 rings (SSSR count). The molecule has 1 aliphatic carbocycles. The first-order chi connectivity index (χ1) is 24.0. The molecule has 0 aromatic carbocycles. The molecule has 0 amide bonds. The zero-order valence-corrected chi connectivity index (χ0v) is 35.0. The normalized spacial score (nSPS) is 47.9. The molecule has 4 fully saturated rings. The lowest BCUT2D eigenvalue weighted by atomic mass is 9.68. The van der Waals surface area contributed by atoms with Crippen molar-refractivity contribution in [1.82, 2.24) is 4.90 Å². The molecule has 0 spiro atoms. The fraction of sp³-hybridized carbons (Fsp3) is 0.927. The second-order valence-electron chi connectivity index (χ2n) is 18.5. The number of ketones is 1. The van der Waals surface area contributed by atoms with Crippen LogP contribution in [0.5, 0.6) is 0 Å². The van der Waals surface area contributed by atoms with E-state index in [1.54, 1.807) is 27.9 Å². The Hall–Kier alpha value is -1.79. The molecule has 8 unspecified atom stereocenters. The van der Waals surface area contributed by atoms with Crippen LogP contribution in [0.4, 0.5) is 4.79 Å². The van der Waals surface area contributed by atoms with Gasteiger partial charge in [-0.05, 0) is 85.2 Å². The van der Waals surface area contributed by atoms with E-state index in [-0.39, 0.29) is 35.9 Å². The molecular weight excluding hydrogens is 666 g/mol. The summed E-state index contributed by atoms with van der Waals surface area (Å²) in [7, 11) is 5.94. The Bertz CT molecular complexity index is 1270. The lowest BCUT2D eigenvalue weighted by molar-refractivity contribution is -0.278. The minimum atomic E-state index is -1.36. The number of fused-ring (bicyclic) bond motifs is 1. The number of methoxy groups -OCH3 is 1. The Morgan fingerprint density at radius 1 is 0.788 bits per heavy atom. The number of carbonyl (C=O) groups excluding carboxylic acids is 3. The summed E-state index contributed by atoms with van der Waals surface area (Å²) in [6.07, 6.45) is -1.68. The Kier molecular flexibility index (Phi) is 13.3. The number of esters is 1. The number of hydrogen-bond donors (Lipinski definition) is 0. The van der Waals surface area contributed by atoms with Crippen LogP contribution in [0.1, 0.15) is 116 Å². The zero-order valence-electron chi connectivity index (χ0n) is 35.0. The van der Waals surface area contributed by atoms with Crippen molar-refractivity contribution in [3.63, 3.8) is 0 Å². The summed E-state index contributed by atoms with van der Waals surface area (Å²) in [5.74, 6) is -2.01. The van der Waals surface area contributed by atoms with Gasteiger partial charge in [0, 0.05) is 37.3 Å². The summed E-state index contributed by atoms with van der Waals surface area (Å²) < 4.78 is 44.6. The highest BCUT2D eigenvalue weighted by Crippen LogP contribution is 2.46. The van der Waals surface area contributed by atoms with Crippen LogP contribution in [0.15, 0.2) is 0 Å². The van der Waals surface area contributed by atoms with E-state index in [0.717, 1.165) is 12.8 Å². The lowest BCUT2D eigenvalue weighted by Gasteiger charge is -2.50. The van der Waals surface area contributed by atoms with Gasteiger partial charge in [-0.15, -0.1) is 0 Å². The van der Waals surface area contributed by atoms with Crippen LogP contribution in [0.3, 0.4) is 0 Å². The molecule has 0 aromatic heterocycles. The molecule has 0 bridgehead atoms. The smallest absolute Gasteiger partial charge is 0.458 e. The van der Waals surface area contributed by atoms with Crippen LogP contribution in [0, 0.1) is 46.8 Å². The Morgan fingerprint density at radius 3 is 2.02 bits per heavy atom. The molecule has 17 atom stereocenters. The SMILES string of the molecule is COC1(C)CC(O[C@H]2[C@H](C)[C@@H](OC3OC(C)CC(N(C)C)C3C)C(C)(C)C[C@@H](C)C(=O)[C@H](C)[C@H]3OC(=O)O[C@]3(C)[C@@H](C)OC(=O)[C@@H]2C)CC(C)C1C. The molecule has 300 valence electrons. The van der Waals surface area contributed by atoms with Crippen LogP contribution in [-0.2, 0) is 42.7 Å². The van der Waals surface area contributed by atoms with Crippen LogP contribution in [-0.4, -0.2) is 104 Å². The van der Waals surface area contributed by atoms with Crippen molar-refractivity contribution in [1.29, 1.82) is 0 Å². The number of cyclic esters (lactones) is 1. The van der Waals surface area contributed by atoms with Gasteiger partial charge in [0.1, 0.15) is 11.9 Å². The summed E-state index contributed by atoms with van der Waals surface area (Å²) >= 11 is 0. The first-order valence-corrected chi connectivity index (χ1v) is 19.8. The first kappa shape index (κ1) is 42.9. The summed E-state index contributed by atoms with van der Waals surface area (Å²) in [5, 5.41) is 0. The second-order valence-corrected chi connectivity index (χ2v) is 18.5. The van der Waals surface area contributed by atoms with Crippen LogP contribution < -0.4 is 0 Å². The zero-order chi connectivity index (χ0) is 39.2. The number of Topliss-reactive ketones (excluding diaryl/α,β-unsaturated/α-hetero) is 1. The predicted molar refractivity (Wildman–Crippen MR) is 197 cm³/mol. The third-order valence-electron chi connectivity index (χ3n) is 13.9. The molecule has 11 heteroatoms. The summed E-state index contributed by atoms with van der Waals surface area (Å²) in [6.45, 7) is 26.1. The van der Waals surface area contributed by atoms with Gasteiger partial charge in [0.2, 0.25) is 0 Å². The van der Waals surface area contributed by atoms with Crippen LogP contribution in [0.25, 0.3) is 0 Å². The maximum atomic E-state index is 14.3. The Morgan fingerprint density at radius 2 is 1.42 bits per heavy atom. The topological polar surface area (TPSA) is 119 Å². The Labute approximate surface area is 313 Å². The minimum absolute atomic E-state index is 0.0163. The van der Waals surface area contributed by atoms with E-state index in [2.05, 4.69) is 74.4 Å². The van der Waals surface area contributed by atoms with Gasteiger partial charge in [0.25, 0.3) is 0 Å². The highest BCUT2D eigenvalue weighted by atomic mass is 16.8. The quantitative estimate of drug-likeness (QED) is 0.261. The Balaban J connectivity index is 1.82. The van der Waals surface area contributed by atoms with E-state index >= 15 is 0 Å². The largest absolute Gasteiger partial charge is 0.509 e. The maximum absolute atomic E-state index is 14.3. The second kappa shape index (κ2) is 16.1. The number of rotatable bonds is 6. The first-order valence-electron chi connectivity index (χ1n) is 19.8. The highest BCUT2D eigenvalue weighted by Gasteiger charge is 2.58. The number of carbonyl (C=O) groups is 3. The van der Waals surface area contributed by atoms with Crippen molar-refractivity contribution in [3.05, 3.63) is 0 Å². The van der Waals surface area contributed by atoms with Gasteiger partial charge in [0.05, 0.1) is 41.9 Å². The van der Waals surface area contributed by atoms with Crippen molar-refractivity contribution in [2.24, 2.45) is 46.8 Å². The van der Waals surface area contributed by atoms with Crippen molar-refractivity contribution in [3.8, 4) is 0 Å². The van der Waals surface area contributed by atoms with Gasteiger partial charge >= 0.3 is 12.1 Å². The summed E-state index contributed by atoms with van der Waals surface area (Å²) in [5.41, 5.74) is -2.35. The molecule has 4 aliphatic rings. The monoisotopic (exact) mass is 738 g/mol. The molecular formula is C41H71NO10. The van der Waals surface area contributed by atoms with E-state index in [1.165, 1.54) is 0 Å². The molecule has 3 saturated heterocycles. The van der Waals surface area contributed by atoms with Gasteiger partial charge in [-0.3, -0.25) is 9.59 Å². The lowest BCUT2D eigenvalue weighted by Crippen LogP contribution is -2.57. The average molecular weight is 738 g/mol. The third kappa shape index (κ3) is 8.53. The molecule has 3 aliphatic heterocycles. The van der Waals surface area contributed by atoms with Crippen molar-refractivity contribution >= 4 is 17.9 Å².